The smallest absolute Gasteiger partial charge is 0.133 e. The van der Waals surface area contributed by atoms with Gasteiger partial charge in [0.05, 0.1) is 0 Å². The van der Waals surface area contributed by atoms with Gasteiger partial charge in [-0.15, -0.1) is 0 Å². The third-order valence-corrected chi connectivity index (χ3v) is 9.52. The van der Waals surface area contributed by atoms with Crippen molar-refractivity contribution >= 4 is 11.6 Å². The molecular formula is C22H34O2. The van der Waals surface area contributed by atoms with Crippen LogP contribution in [0.2, 0.25) is 0 Å². The van der Waals surface area contributed by atoms with E-state index in [1.165, 1.54) is 32.1 Å². The third-order valence-electron chi connectivity index (χ3n) is 9.52. The zero-order chi connectivity index (χ0) is 17.3. The van der Waals surface area contributed by atoms with Crippen molar-refractivity contribution in [3.63, 3.8) is 0 Å². The Kier molecular flexibility index (Phi) is 3.79. The van der Waals surface area contributed by atoms with E-state index in [1.54, 1.807) is 0 Å². The predicted octanol–water partition coefficient (Wildman–Crippen LogP) is 5.05. The number of carbonyl (C=O) groups is 2. The van der Waals surface area contributed by atoms with Crippen LogP contribution in [-0.4, -0.2) is 11.6 Å². The van der Waals surface area contributed by atoms with Crippen LogP contribution in [0, 0.1) is 46.3 Å². The van der Waals surface area contributed by atoms with E-state index >= 15 is 0 Å². The fourth-order valence-electron chi connectivity index (χ4n) is 8.15. The van der Waals surface area contributed by atoms with Crippen molar-refractivity contribution in [1.82, 2.24) is 0 Å². The molecule has 4 rings (SSSR count). The topological polar surface area (TPSA) is 34.1 Å². The van der Waals surface area contributed by atoms with Gasteiger partial charge in [0, 0.05) is 18.8 Å². The number of Topliss-reactive ketones (excluding diaryl/α,β-unsaturated/α-hetero) is 2. The molecule has 0 amide bonds. The Morgan fingerprint density at radius 3 is 2.46 bits per heavy atom. The van der Waals surface area contributed by atoms with Crippen molar-refractivity contribution in [2.75, 3.05) is 0 Å². The van der Waals surface area contributed by atoms with Crippen LogP contribution < -0.4 is 0 Å². The Balaban J connectivity index is 1.66. The highest BCUT2D eigenvalue weighted by molar-refractivity contribution is 5.80. The molecule has 24 heavy (non-hydrogen) atoms. The highest BCUT2D eigenvalue weighted by atomic mass is 16.1. The van der Waals surface area contributed by atoms with E-state index in [0.717, 1.165) is 37.0 Å². The number of carbonyl (C=O) groups excluding carboxylic acids is 2. The first-order valence-corrected chi connectivity index (χ1v) is 10.3. The van der Waals surface area contributed by atoms with E-state index in [-0.39, 0.29) is 5.41 Å². The molecule has 0 bridgehead atoms. The Hall–Kier alpha value is -0.660. The molecule has 0 aliphatic heterocycles. The summed E-state index contributed by atoms with van der Waals surface area (Å²) in [5.41, 5.74) is 0.608. The summed E-state index contributed by atoms with van der Waals surface area (Å²) >= 11 is 0. The monoisotopic (exact) mass is 330 g/mol. The molecule has 0 aromatic heterocycles. The molecule has 4 aliphatic rings. The summed E-state index contributed by atoms with van der Waals surface area (Å²) in [5.74, 6) is 4.70. The van der Waals surface area contributed by atoms with Gasteiger partial charge in [-0.2, -0.15) is 0 Å². The number of rotatable bonds is 1. The molecule has 0 spiro atoms. The summed E-state index contributed by atoms with van der Waals surface area (Å²) in [6.07, 6.45) is 9.07. The van der Waals surface area contributed by atoms with Crippen LogP contribution in [0.4, 0.5) is 0 Å². The van der Waals surface area contributed by atoms with E-state index in [2.05, 4.69) is 20.8 Å². The zero-order valence-electron chi connectivity index (χ0n) is 15.9. The standard InChI is InChI=1S/C22H34O2/c1-13-11-16(24)12-15-5-6-17-19-8-7-18(14(2)23)21(19,3)10-9-20(17)22(13,15)4/h13,15,17-20H,5-12H2,1-4H3/t13?,15?,17-,18+,19-,20-,21+,22-/m0/s1. The molecule has 2 unspecified atom stereocenters. The first-order chi connectivity index (χ1) is 11.3. The van der Waals surface area contributed by atoms with Gasteiger partial charge in [-0.1, -0.05) is 20.8 Å². The summed E-state index contributed by atoms with van der Waals surface area (Å²) in [5, 5.41) is 0. The molecule has 0 heterocycles. The maximum atomic E-state index is 12.2. The van der Waals surface area contributed by atoms with Crippen molar-refractivity contribution in [3.05, 3.63) is 0 Å². The Labute approximate surface area is 147 Å². The van der Waals surface area contributed by atoms with E-state index in [4.69, 9.17) is 0 Å². The average molecular weight is 331 g/mol. The van der Waals surface area contributed by atoms with Crippen molar-refractivity contribution in [3.8, 4) is 0 Å². The van der Waals surface area contributed by atoms with Gasteiger partial charge in [0.2, 0.25) is 0 Å². The molecule has 2 heteroatoms. The largest absolute Gasteiger partial charge is 0.300 e. The highest BCUT2D eigenvalue weighted by Crippen LogP contribution is 2.68. The normalized spacial score (nSPS) is 53.9. The molecule has 2 nitrogen and oxygen atoms in total. The summed E-state index contributed by atoms with van der Waals surface area (Å²) in [7, 11) is 0. The van der Waals surface area contributed by atoms with Gasteiger partial charge in [0.15, 0.2) is 0 Å². The second-order valence-corrected chi connectivity index (χ2v) is 10.2. The molecule has 4 saturated carbocycles. The molecule has 0 N–H and O–H groups in total. The molecule has 0 aromatic rings. The van der Waals surface area contributed by atoms with Crippen LogP contribution >= 0.6 is 0 Å². The number of hydrogen-bond donors (Lipinski definition) is 0. The minimum absolute atomic E-state index is 0.254. The molecule has 0 radical (unpaired) electrons. The van der Waals surface area contributed by atoms with Crippen LogP contribution in [0.15, 0.2) is 0 Å². The Morgan fingerprint density at radius 2 is 1.75 bits per heavy atom. The van der Waals surface area contributed by atoms with Gasteiger partial charge in [0.1, 0.15) is 11.6 Å². The first kappa shape index (κ1) is 16.8. The summed E-state index contributed by atoms with van der Waals surface area (Å²) in [4.78, 5) is 24.4. The van der Waals surface area contributed by atoms with E-state index in [9.17, 15) is 9.59 Å². The molecule has 0 aromatic carbocycles. The highest BCUT2D eigenvalue weighted by Gasteiger charge is 2.62. The van der Waals surface area contributed by atoms with Crippen molar-refractivity contribution in [1.29, 1.82) is 0 Å². The van der Waals surface area contributed by atoms with Gasteiger partial charge >= 0.3 is 0 Å². The second kappa shape index (κ2) is 5.42. The van der Waals surface area contributed by atoms with Crippen LogP contribution in [0.25, 0.3) is 0 Å². The first-order valence-electron chi connectivity index (χ1n) is 10.3. The summed E-state index contributed by atoms with van der Waals surface area (Å²) < 4.78 is 0. The predicted molar refractivity (Wildman–Crippen MR) is 95.5 cm³/mol. The van der Waals surface area contributed by atoms with Gasteiger partial charge in [-0.25, -0.2) is 0 Å². The second-order valence-electron chi connectivity index (χ2n) is 10.2. The fourth-order valence-corrected chi connectivity index (χ4v) is 8.15. The maximum absolute atomic E-state index is 12.2. The van der Waals surface area contributed by atoms with E-state index in [1.807, 2.05) is 6.92 Å². The lowest BCUT2D eigenvalue weighted by atomic mass is 9.42. The minimum atomic E-state index is 0.254. The zero-order valence-corrected chi connectivity index (χ0v) is 15.9. The average Bonchev–Trinajstić information content (AvgIpc) is 2.86. The summed E-state index contributed by atoms with van der Waals surface area (Å²) in [6.45, 7) is 9.10. The Bertz CT molecular complexity index is 566. The molecular weight excluding hydrogens is 296 g/mol. The molecule has 8 atom stereocenters. The lowest BCUT2D eigenvalue weighted by molar-refractivity contribution is -0.154. The van der Waals surface area contributed by atoms with Crippen molar-refractivity contribution in [2.24, 2.45) is 46.3 Å². The molecule has 134 valence electrons. The van der Waals surface area contributed by atoms with Crippen LogP contribution in [0.3, 0.4) is 0 Å². The fraction of sp³-hybridized carbons (Fsp3) is 0.909. The molecule has 0 saturated heterocycles. The van der Waals surface area contributed by atoms with Gasteiger partial charge in [-0.3, -0.25) is 9.59 Å². The van der Waals surface area contributed by atoms with Gasteiger partial charge in [0.25, 0.3) is 0 Å². The number of fused-ring (bicyclic) bond motifs is 5. The number of ketones is 2. The van der Waals surface area contributed by atoms with Crippen molar-refractivity contribution < 1.29 is 9.59 Å². The SMILES string of the molecule is CC(=O)[C@H]1CC[C@H]2[C@@H]3CCC4CC(=O)CC(C)[C@]4(C)[C@H]3CC[C@]12C. The Morgan fingerprint density at radius 1 is 1.00 bits per heavy atom. The quantitative estimate of drug-likeness (QED) is 0.674. The molecule has 4 aliphatic carbocycles. The number of hydrogen-bond acceptors (Lipinski definition) is 2. The van der Waals surface area contributed by atoms with Gasteiger partial charge < -0.3 is 0 Å². The third kappa shape index (κ3) is 2.07. The van der Waals surface area contributed by atoms with Gasteiger partial charge in [-0.05, 0) is 85.9 Å². The van der Waals surface area contributed by atoms with Crippen molar-refractivity contribution in [2.45, 2.75) is 79.1 Å². The van der Waals surface area contributed by atoms with Crippen LogP contribution in [0.1, 0.15) is 79.1 Å². The van der Waals surface area contributed by atoms with Crippen LogP contribution in [-0.2, 0) is 9.59 Å². The van der Waals surface area contributed by atoms with E-state index in [0.29, 0.717) is 34.7 Å². The maximum Gasteiger partial charge on any atom is 0.133 e. The lowest BCUT2D eigenvalue weighted by Crippen LogP contribution is -2.56. The minimum Gasteiger partial charge on any atom is -0.300 e. The lowest BCUT2D eigenvalue weighted by Gasteiger charge is -2.62. The van der Waals surface area contributed by atoms with Crippen LogP contribution in [0.5, 0.6) is 0 Å². The van der Waals surface area contributed by atoms with E-state index < -0.39 is 0 Å². The summed E-state index contributed by atoms with van der Waals surface area (Å²) in [6, 6.07) is 0. The molecule has 4 fully saturated rings.